The van der Waals surface area contributed by atoms with E-state index in [9.17, 15) is 13.2 Å². The maximum atomic E-state index is 13.1. The number of ether oxygens (including phenoxy) is 2. The van der Waals surface area contributed by atoms with E-state index in [1.807, 2.05) is 25.1 Å². The molecule has 10 nitrogen and oxygen atoms in total. The Bertz CT molecular complexity index is 1320. The predicted octanol–water partition coefficient (Wildman–Crippen LogP) is 3.59. The SMILES string of the molecule is CCC1CCCCN1S(=O)(=O)c1ccc(C(=O)Nc2nnc(Cc3ccc4c(c3)OCO4)o2)cc1. The third kappa shape index (κ3) is 4.87. The van der Waals surface area contributed by atoms with Crippen molar-refractivity contribution in [3.05, 3.63) is 59.5 Å². The van der Waals surface area contributed by atoms with Crippen molar-refractivity contribution in [1.29, 1.82) is 0 Å². The van der Waals surface area contributed by atoms with Gasteiger partial charge < -0.3 is 13.9 Å². The fourth-order valence-corrected chi connectivity index (χ4v) is 6.15. The van der Waals surface area contributed by atoms with Gasteiger partial charge in [-0.05, 0) is 61.2 Å². The number of nitrogens with one attached hydrogen (secondary N) is 1. The number of aromatic nitrogens is 2. The van der Waals surface area contributed by atoms with Crippen LogP contribution in [0.5, 0.6) is 11.5 Å². The summed E-state index contributed by atoms with van der Waals surface area (Å²) in [5.74, 6) is 1.20. The lowest BCUT2D eigenvalue weighted by atomic mass is 10.0. The summed E-state index contributed by atoms with van der Waals surface area (Å²) in [5.41, 5.74) is 1.18. The number of hydrogen-bond donors (Lipinski definition) is 1. The molecule has 2 aliphatic heterocycles. The molecule has 5 rings (SSSR count). The lowest BCUT2D eigenvalue weighted by molar-refractivity contribution is 0.102. The Labute approximate surface area is 203 Å². The number of benzene rings is 2. The first-order chi connectivity index (χ1) is 16.9. The molecule has 0 saturated carbocycles. The molecule has 1 fully saturated rings. The van der Waals surface area contributed by atoms with Gasteiger partial charge in [0.2, 0.25) is 22.7 Å². The van der Waals surface area contributed by atoms with Gasteiger partial charge in [0.05, 0.1) is 11.3 Å². The molecular formula is C24H26N4O6S. The lowest BCUT2D eigenvalue weighted by Gasteiger charge is -2.34. The number of nitrogens with zero attached hydrogens (tertiary/aromatic N) is 3. The van der Waals surface area contributed by atoms with Gasteiger partial charge in [0.15, 0.2) is 11.5 Å². The van der Waals surface area contributed by atoms with Crippen LogP contribution in [0, 0.1) is 0 Å². The standard InChI is InChI=1S/C24H26N4O6S/c1-2-18-5-3-4-12-28(18)35(30,31)19-9-7-17(8-10-19)23(29)25-24-27-26-22(34-24)14-16-6-11-20-21(13-16)33-15-32-20/h6-11,13,18H,2-5,12,14-15H2,1H3,(H,25,27,29). The number of hydrogen-bond acceptors (Lipinski definition) is 8. The van der Waals surface area contributed by atoms with Gasteiger partial charge in [-0.15, -0.1) is 5.10 Å². The second-order valence-corrected chi connectivity index (χ2v) is 10.4. The molecule has 1 amide bonds. The van der Waals surface area contributed by atoms with Crippen molar-refractivity contribution in [2.75, 3.05) is 18.7 Å². The van der Waals surface area contributed by atoms with E-state index in [-0.39, 0.29) is 29.3 Å². The fraction of sp³-hybridized carbons (Fsp3) is 0.375. The molecule has 0 radical (unpaired) electrons. The number of amides is 1. The highest BCUT2D eigenvalue weighted by atomic mass is 32.2. The van der Waals surface area contributed by atoms with Crippen molar-refractivity contribution in [2.45, 2.75) is 50.0 Å². The fourth-order valence-electron chi connectivity index (χ4n) is 4.38. The van der Waals surface area contributed by atoms with Crippen molar-refractivity contribution in [1.82, 2.24) is 14.5 Å². The largest absolute Gasteiger partial charge is 0.454 e. The Morgan fingerprint density at radius 2 is 1.89 bits per heavy atom. The first-order valence-corrected chi connectivity index (χ1v) is 13.0. The number of anilines is 1. The zero-order valence-corrected chi connectivity index (χ0v) is 20.1. The summed E-state index contributed by atoms with van der Waals surface area (Å²) in [6.07, 6.45) is 3.91. The second kappa shape index (κ2) is 9.67. The Balaban J connectivity index is 1.23. The first kappa shape index (κ1) is 23.3. The summed E-state index contributed by atoms with van der Waals surface area (Å²) in [4.78, 5) is 12.8. The van der Waals surface area contributed by atoms with Crippen LogP contribution in [0.3, 0.4) is 0 Å². The molecule has 1 N–H and O–H groups in total. The van der Waals surface area contributed by atoms with E-state index in [0.717, 1.165) is 31.2 Å². The summed E-state index contributed by atoms with van der Waals surface area (Å²) in [5, 5.41) is 10.4. The molecular weight excluding hydrogens is 472 g/mol. The molecule has 0 bridgehead atoms. The summed E-state index contributed by atoms with van der Waals surface area (Å²) in [6.45, 7) is 2.72. The maximum absolute atomic E-state index is 13.1. The van der Waals surface area contributed by atoms with Gasteiger partial charge in [-0.3, -0.25) is 10.1 Å². The second-order valence-electron chi connectivity index (χ2n) is 8.52. The topological polar surface area (TPSA) is 124 Å². The van der Waals surface area contributed by atoms with Crippen LogP contribution < -0.4 is 14.8 Å². The minimum atomic E-state index is -3.61. The number of rotatable bonds is 7. The van der Waals surface area contributed by atoms with Crippen molar-refractivity contribution in [2.24, 2.45) is 0 Å². The van der Waals surface area contributed by atoms with Crippen LogP contribution in [-0.2, 0) is 16.4 Å². The van der Waals surface area contributed by atoms with Crippen LogP contribution in [0.15, 0.2) is 51.8 Å². The van der Waals surface area contributed by atoms with Crippen LogP contribution in [0.25, 0.3) is 0 Å². The Morgan fingerprint density at radius 3 is 2.69 bits per heavy atom. The van der Waals surface area contributed by atoms with Gasteiger partial charge in [-0.1, -0.05) is 24.5 Å². The summed E-state index contributed by atoms with van der Waals surface area (Å²) < 4.78 is 44.1. The zero-order valence-electron chi connectivity index (χ0n) is 19.3. The molecule has 3 aromatic rings. The monoisotopic (exact) mass is 498 g/mol. The molecule has 1 aromatic heterocycles. The first-order valence-electron chi connectivity index (χ1n) is 11.6. The molecule has 0 spiro atoms. The summed E-state index contributed by atoms with van der Waals surface area (Å²) in [6, 6.07) is 11.4. The molecule has 184 valence electrons. The lowest BCUT2D eigenvalue weighted by Crippen LogP contribution is -2.43. The Hall–Kier alpha value is -3.44. The van der Waals surface area contributed by atoms with Crippen molar-refractivity contribution < 1.29 is 27.1 Å². The number of piperidine rings is 1. The van der Waals surface area contributed by atoms with E-state index in [1.165, 1.54) is 24.3 Å². The molecule has 1 unspecified atom stereocenters. The smallest absolute Gasteiger partial charge is 0.322 e. The van der Waals surface area contributed by atoms with Crippen molar-refractivity contribution >= 4 is 21.9 Å². The number of sulfonamides is 1. The number of fused-ring (bicyclic) bond motifs is 1. The molecule has 2 aromatic carbocycles. The molecule has 1 saturated heterocycles. The van der Waals surface area contributed by atoms with Gasteiger partial charge >= 0.3 is 6.01 Å². The van der Waals surface area contributed by atoms with Crippen LogP contribution in [0.1, 0.15) is 54.4 Å². The Kier molecular flexibility index (Phi) is 6.44. The zero-order chi connectivity index (χ0) is 24.4. The molecule has 0 aliphatic carbocycles. The van der Waals surface area contributed by atoms with Crippen LogP contribution in [0.2, 0.25) is 0 Å². The Morgan fingerprint density at radius 1 is 1.09 bits per heavy atom. The van der Waals surface area contributed by atoms with E-state index in [0.29, 0.717) is 30.4 Å². The normalized spacial score (nSPS) is 17.9. The van der Waals surface area contributed by atoms with Gasteiger partial charge in [0.1, 0.15) is 0 Å². The van der Waals surface area contributed by atoms with Crippen LogP contribution in [0.4, 0.5) is 6.01 Å². The number of carbonyl (C=O) groups is 1. The third-order valence-corrected chi connectivity index (χ3v) is 8.21. The molecule has 11 heteroatoms. The van der Waals surface area contributed by atoms with Gasteiger partial charge in [-0.2, -0.15) is 4.31 Å². The van der Waals surface area contributed by atoms with E-state index in [2.05, 4.69) is 15.5 Å². The maximum Gasteiger partial charge on any atom is 0.322 e. The highest BCUT2D eigenvalue weighted by Gasteiger charge is 2.32. The minimum Gasteiger partial charge on any atom is -0.454 e. The van der Waals surface area contributed by atoms with Gasteiger partial charge in [0.25, 0.3) is 5.91 Å². The summed E-state index contributed by atoms with van der Waals surface area (Å²) in [7, 11) is -3.61. The molecule has 3 heterocycles. The van der Waals surface area contributed by atoms with Gasteiger partial charge in [0, 0.05) is 18.2 Å². The third-order valence-electron chi connectivity index (χ3n) is 6.25. The summed E-state index contributed by atoms with van der Waals surface area (Å²) >= 11 is 0. The van der Waals surface area contributed by atoms with Crippen LogP contribution in [-0.4, -0.2) is 48.2 Å². The average molecular weight is 499 g/mol. The quantitative estimate of drug-likeness (QED) is 0.524. The predicted molar refractivity (Wildman–Crippen MR) is 126 cm³/mol. The molecule has 1 atom stereocenters. The van der Waals surface area contributed by atoms with E-state index in [1.54, 1.807) is 4.31 Å². The minimum absolute atomic E-state index is 0.0149. The van der Waals surface area contributed by atoms with E-state index >= 15 is 0 Å². The highest BCUT2D eigenvalue weighted by molar-refractivity contribution is 7.89. The van der Waals surface area contributed by atoms with Crippen LogP contribution >= 0.6 is 0 Å². The molecule has 35 heavy (non-hydrogen) atoms. The van der Waals surface area contributed by atoms with Crippen molar-refractivity contribution in [3.8, 4) is 11.5 Å². The molecule has 2 aliphatic rings. The number of carbonyl (C=O) groups excluding carboxylic acids is 1. The average Bonchev–Trinajstić information content (AvgIpc) is 3.53. The highest BCUT2D eigenvalue weighted by Crippen LogP contribution is 2.33. The van der Waals surface area contributed by atoms with E-state index < -0.39 is 15.9 Å². The van der Waals surface area contributed by atoms with Crippen molar-refractivity contribution in [3.63, 3.8) is 0 Å². The van der Waals surface area contributed by atoms with E-state index in [4.69, 9.17) is 13.9 Å². The van der Waals surface area contributed by atoms with Gasteiger partial charge in [-0.25, -0.2) is 8.42 Å².